The third kappa shape index (κ3) is 3.33. The highest BCUT2D eigenvalue weighted by Gasteiger charge is 2.21. The molecule has 0 radical (unpaired) electrons. The van der Waals surface area contributed by atoms with E-state index in [1.54, 1.807) is 0 Å². The average Bonchev–Trinajstić information content (AvgIpc) is 2.52. The Kier molecular flexibility index (Phi) is 3.43. The maximum absolute atomic E-state index is 9.36. The molecule has 0 saturated heterocycles. The second-order valence-corrected chi connectivity index (χ2v) is 4.48. The van der Waals surface area contributed by atoms with E-state index in [0.29, 0.717) is 11.7 Å². The molecule has 0 aromatic carbocycles. The minimum Gasteiger partial charge on any atom is -0.392 e. The Balaban J connectivity index is 2.66. The number of aliphatic hydroxyl groups excluding tert-OH is 1. The van der Waals surface area contributed by atoms with E-state index in [2.05, 4.69) is 10.1 Å². The van der Waals surface area contributed by atoms with E-state index in [-0.39, 0.29) is 18.3 Å². The topological polar surface area (TPSA) is 82.9 Å². The van der Waals surface area contributed by atoms with Crippen molar-refractivity contribution >= 4 is 0 Å². The Morgan fingerprint density at radius 2 is 2.20 bits per heavy atom. The van der Waals surface area contributed by atoms with Crippen LogP contribution in [0.5, 0.6) is 0 Å². The van der Waals surface area contributed by atoms with E-state index in [0.717, 1.165) is 0 Å². The highest BCUT2D eigenvalue weighted by atomic mass is 16.5. The molecule has 0 aliphatic heterocycles. The first-order valence-corrected chi connectivity index (χ1v) is 4.81. The summed E-state index contributed by atoms with van der Waals surface area (Å²) in [5.41, 5.74) is -0.165. The van der Waals surface area contributed by atoms with Gasteiger partial charge in [0.05, 0.1) is 25.0 Å². The van der Waals surface area contributed by atoms with Gasteiger partial charge in [0.15, 0.2) is 5.82 Å². The van der Waals surface area contributed by atoms with E-state index in [4.69, 9.17) is 9.78 Å². The summed E-state index contributed by atoms with van der Waals surface area (Å²) in [5, 5.41) is 21.6. The molecule has 1 rings (SSSR count). The van der Waals surface area contributed by atoms with Crippen molar-refractivity contribution in [1.29, 1.82) is 5.26 Å². The van der Waals surface area contributed by atoms with Crippen LogP contribution in [0.25, 0.3) is 0 Å². The standard InChI is InChI=1S/C10H15N3O2/c1-10(2,3)9-12-8(15-13-9)6-7(14)4-5-11/h7,14H,4,6H2,1-3H3. The van der Waals surface area contributed by atoms with Gasteiger partial charge in [-0.2, -0.15) is 10.2 Å². The number of rotatable bonds is 3. The summed E-state index contributed by atoms with van der Waals surface area (Å²) in [6.07, 6.45) is -0.424. The van der Waals surface area contributed by atoms with Crippen molar-refractivity contribution in [3.63, 3.8) is 0 Å². The van der Waals surface area contributed by atoms with Gasteiger partial charge in [0.2, 0.25) is 5.89 Å². The van der Waals surface area contributed by atoms with Gasteiger partial charge in [0.1, 0.15) is 0 Å². The fourth-order valence-electron chi connectivity index (χ4n) is 1.02. The fourth-order valence-corrected chi connectivity index (χ4v) is 1.02. The Bertz CT molecular complexity index is 359. The molecule has 1 aromatic heterocycles. The first kappa shape index (κ1) is 11.7. The zero-order chi connectivity index (χ0) is 11.5. The molecule has 5 nitrogen and oxygen atoms in total. The molecule has 1 heterocycles. The molecule has 1 atom stereocenters. The van der Waals surface area contributed by atoms with Gasteiger partial charge in [-0.1, -0.05) is 25.9 Å². The van der Waals surface area contributed by atoms with Crippen molar-refractivity contribution in [2.24, 2.45) is 0 Å². The van der Waals surface area contributed by atoms with Crippen LogP contribution in [-0.2, 0) is 11.8 Å². The largest absolute Gasteiger partial charge is 0.392 e. The van der Waals surface area contributed by atoms with Gasteiger partial charge in [-0.25, -0.2) is 0 Å². The van der Waals surface area contributed by atoms with Gasteiger partial charge >= 0.3 is 0 Å². The van der Waals surface area contributed by atoms with Crippen molar-refractivity contribution < 1.29 is 9.63 Å². The van der Waals surface area contributed by atoms with Crippen LogP contribution in [0.15, 0.2) is 4.52 Å². The van der Waals surface area contributed by atoms with Crippen LogP contribution in [-0.4, -0.2) is 21.4 Å². The van der Waals surface area contributed by atoms with Crippen LogP contribution in [0.4, 0.5) is 0 Å². The highest BCUT2D eigenvalue weighted by molar-refractivity contribution is 5.00. The summed E-state index contributed by atoms with van der Waals surface area (Å²) in [5.74, 6) is 0.990. The van der Waals surface area contributed by atoms with Crippen LogP contribution in [0.1, 0.15) is 38.9 Å². The van der Waals surface area contributed by atoms with E-state index < -0.39 is 6.10 Å². The average molecular weight is 209 g/mol. The van der Waals surface area contributed by atoms with Crippen LogP contribution in [0, 0.1) is 11.3 Å². The van der Waals surface area contributed by atoms with E-state index >= 15 is 0 Å². The predicted molar refractivity (Wildman–Crippen MR) is 52.9 cm³/mol. The SMILES string of the molecule is CC(C)(C)c1noc(CC(O)CC#N)n1. The normalized spacial score (nSPS) is 13.5. The summed E-state index contributed by atoms with van der Waals surface area (Å²) in [6.45, 7) is 5.94. The number of nitrogens with zero attached hydrogens (tertiary/aromatic N) is 3. The van der Waals surface area contributed by atoms with Crippen LogP contribution >= 0.6 is 0 Å². The molecule has 0 saturated carbocycles. The third-order valence-corrected chi connectivity index (χ3v) is 1.88. The Hall–Kier alpha value is -1.41. The molecule has 0 aliphatic rings. The first-order valence-electron chi connectivity index (χ1n) is 4.81. The maximum Gasteiger partial charge on any atom is 0.229 e. The Morgan fingerprint density at radius 3 is 2.67 bits per heavy atom. The quantitative estimate of drug-likeness (QED) is 0.808. The second kappa shape index (κ2) is 4.41. The predicted octanol–water partition coefficient (Wildman–Crippen LogP) is 1.18. The molecule has 82 valence electrons. The number of hydrogen-bond acceptors (Lipinski definition) is 5. The molecule has 0 spiro atoms. The van der Waals surface area contributed by atoms with Crippen LogP contribution < -0.4 is 0 Å². The zero-order valence-corrected chi connectivity index (χ0v) is 9.19. The number of aliphatic hydroxyl groups is 1. The van der Waals surface area contributed by atoms with Gasteiger partial charge in [-0.3, -0.25) is 0 Å². The smallest absolute Gasteiger partial charge is 0.229 e. The lowest BCUT2D eigenvalue weighted by molar-refractivity contribution is 0.167. The molecule has 0 aliphatic carbocycles. The highest BCUT2D eigenvalue weighted by Crippen LogP contribution is 2.18. The van der Waals surface area contributed by atoms with Gasteiger partial charge in [-0.05, 0) is 0 Å². The van der Waals surface area contributed by atoms with Gasteiger partial charge in [-0.15, -0.1) is 0 Å². The number of aromatic nitrogens is 2. The molecular weight excluding hydrogens is 194 g/mol. The first-order chi connectivity index (χ1) is 6.93. The molecule has 1 N–H and O–H groups in total. The molecule has 0 amide bonds. The minimum absolute atomic E-state index is 0.0766. The molecule has 5 heteroatoms. The molecule has 0 fully saturated rings. The van der Waals surface area contributed by atoms with Crippen LogP contribution in [0.3, 0.4) is 0 Å². The van der Waals surface area contributed by atoms with Gasteiger partial charge in [0, 0.05) is 5.41 Å². The lowest BCUT2D eigenvalue weighted by atomic mass is 9.96. The minimum atomic E-state index is -0.733. The molecule has 1 aromatic rings. The lowest BCUT2D eigenvalue weighted by Gasteiger charge is -2.10. The number of nitriles is 1. The van der Waals surface area contributed by atoms with Crippen molar-refractivity contribution in [3.8, 4) is 6.07 Å². The Morgan fingerprint density at radius 1 is 1.53 bits per heavy atom. The van der Waals surface area contributed by atoms with E-state index in [1.807, 2.05) is 26.8 Å². The maximum atomic E-state index is 9.36. The van der Waals surface area contributed by atoms with E-state index in [9.17, 15) is 5.11 Å². The molecule has 1 unspecified atom stereocenters. The van der Waals surface area contributed by atoms with Crippen molar-refractivity contribution in [1.82, 2.24) is 10.1 Å². The summed E-state index contributed by atoms with van der Waals surface area (Å²) < 4.78 is 4.98. The molecule has 15 heavy (non-hydrogen) atoms. The van der Waals surface area contributed by atoms with Crippen molar-refractivity contribution in [2.75, 3.05) is 0 Å². The van der Waals surface area contributed by atoms with E-state index in [1.165, 1.54) is 0 Å². The fraction of sp³-hybridized carbons (Fsp3) is 0.700. The second-order valence-electron chi connectivity index (χ2n) is 4.48. The third-order valence-electron chi connectivity index (χ3n) is 1.88. The van der Waals surface area contributed by atoms with Crippen LogP contribution in [0.2, 0.25) is 0 Å². The summed E-state index contributed by atoms with van der Waals surface area (Å²) >= 11 is 0. The summed E-state index contributed by atoms with van der Waals surface area (Å²) in [6, 6.07) is 1.88. The summed E-state index contributed by atoms with van der Waals surface area (Å²) in [4.78, 5) is 4.16. The van der Waals surface area contributed by atoms with Gasteiger partial charge in [0.25, 0.3) is 0 Å². The monoisotopic (exact) mass is 209 g/mol. The Labute approximate surface area is 88.7 Å². The summed E-state index contributed by atoms with van der Waals surface area (Å²) in [7, 11) is 0. The number of hydrogen-bond donors (Lipinski definition) is 1. The molecule has 0 bridgehead atoms. The zero-order valence-electron chi connectivity index (χ0n) is 9.19. The molecular formula is C10H15N3O2. The lowest BCUT2D eigenvalue weighted by Crippen LogP contribution is -2.14. The van der Waals surface area contributed by atoms with Gasteiger partial charge < -0.3 is 9.63 Å². The van der Waals surface area contributed by atoms with Crippen molar-refractivity contribution in [2.45, 2.75) is 45.1 Å². The van der Waals surface area contributed by atoms with Crippen molar-refractivity contribution in [3.05, 3.63) is 11.7 Å².